The van der Waals surface area contributed by atoms with Crippen molar-refractivity contribution in [3.63, 3.8) is 0 Å². The molecular weight excluding hydrogens is 252 g/mol. The first-order valence-electron chi connectivity index (χ1n) is 5.16. The molecule has 0 aliphatic carbocycles. The lowest BCUT2D eigenvalue weighted by Crippen LogP contribution is -2.03. The molecule has 1 N–H and O–H groups in total. The first-order valence-corrected chi connectivity index (χ1v) is 7.20. The fraction of sp³-hybridized carbons (Fsp3) is 0.167. The number of hydrogen-bond donors (Lipinski definition) is 1. The number of aryl methyl sites for hydroxylation is 1. The zero-order chi connectivity index (χ0) is 12.0. The van der Waals surface area contributed by atoms with Gasteiger partial charge in [0.2, 0.25) is 5.43 Å². The quantitative estimate of drug-likeness (QED) is 0.685. The molecule has 1 aromatic carbocycles. The Hall–Kier alpha value is -1.33. The van der Waals surface area contributed by atoms with Gasteiger partial charge in [0.25, 0.3) is 0 Å². The lowest BCUT2D eigenvalue weighted by molar-refractivity contribution is 1.29. The lowest BCUT2D eigenvalue weighted by atomic mass is 10.1. The van der Waals surface area contributed by atoms with Gasteiger partial charge in [-0.3, -0.25) is 4.79 Å². The zero-order valence-corrected chi connectivity index (χ0v) is 11.0. The predicted molar refractivity (Wildman–Crippen MR) is 74.3 cm³/mol. The second kappa shape index (κ2) is 3.85. The Morgan fingerprint density at radius 3 is 3.00 bits per heavy atom. The summed E-state index contributed by atoms with van der Waals surface area (Å²) >= 11 is 3.09. The van der Waals surface area contributed by atoms with Crippen LogP contribution in [-0.4, -0.2) is 16.2 Å². The number of benzene rings is 1. The molecule has 0 spiro atoms. The van der Waals surface area contributed by atoms with E-state index in [1.807, 2.05) is 31.4 Å². The summed E-state index contributed by atoms with van der Waals surface area (Å²) in [6, 6.07) is 5.86. The molecule has 0 atom stereocenters. The van der Waals surface area contributed by atoms with E-state index in [9.17, 15) is 4.79 Å². The second-order valence-corrected chi connectivity index (χ2v) is 5.92. The SMILES string of the molecule is CSc1nc2c(=O)c3cc(C)ccc3[nH]c2s1. The number of thiazole rings is 1. The molecule has 0 fully saturated rings. The summed E-state index contributed by atoms with van der Waals surface area (Å²) in [5, 5.41) is 0.718. The minimum absolute atomic E-state index is 0.0222. The summed E-state index contributed by atoms with van der Waals surface area (Å²) in [4.78, 5) is 20.8. The van der Waals surface area contributed by atoms with Crippen LogP contribution in [0.15, 0.2) is 27.3 Å². The third kappa shape index (κ3) is 1.66. The second-order valence-electron chi connectivity index (χ2n) is 3.86. The van der Waals surface area contributed by atoms with E-state index in [0.29, 0.717) is 5.52 Å². The molecule has 3 nitrogen and oxygen atoms in total. The molecule has 3 rings (SSSR count). The highest BCUT2D eigenvalue weighted by Gasteiger charge is 2.10. The average molecular weight is 262 g/mol. The van der Waals surface area contributed by atoms with Crippen molar-refractivity contribution in [2.75, 3.05) is 6.26 Å². The highest BCUT2D eigenvalue weighted by Crippen LogP contribution is 2.26. The summed E-state index contributed by atoms with van der Waals surface area (Å²) in [6.07, 6.45) is 1.96. The molecule has 0 saturated carbocycles. The number of rotatable bonds is 1. The van der Waals surface area contributed by atoms with Gasteiger partial charge in [-0.15, -0.1) is 0 Å². The molecule has 5 heteroatoms. The molecule has 0 amide bonds. The molecule has 0 saturated heterocycles. The minimum Gasteiger partial charge on any atom is -0.345 e. The molecule has 3 aromatic rings. The van der Waals surface area contributed by atoms with Crippen LogP contribution in [0.3, 0.4) is 0 Å². The number of nitrogens with zero attached hydrogens (tertiary/aromatic N) is 1. The van der Waals surface area contributed by atoms with Gasteiger partial charge in [0.05, 0.1) is 5.52 Å². The normalized spacial score (nSPS) is 11.4. The van der Waals surface area contributed by atoms with Crippen molar-refractivity contribution in [1.29, 1.82) is 0 Å². The minimum atomic E-state index is 0.0222. The van der Waals surface area contributed by atoms with Crippen molar-refractivity contribution in [2.24, 2.45) is 0 Å². The Balaban J connectivity index is 2.50. The van der Waals surface area contributed by atoms with E-state index >= 15 is 0 Å². The summed E-state index contributed by atoms with van der Waals surface area (Å²) in [7, 11) is 0. The number of H-pyrrole nitrogens is 1. The van der Waals surface area contributed by atoms with Crippen molar-refractivity contribution in [3.05, 3.63) is 34.0 Å². The van der Waals surface area contributed by atoms with Crippen molar-refractivity contribution in [2.45, 2.75) is 11.3 Å². The predicted octanol–water partition coefficient (Wildman–Crippen LogP) is 3.17. The zero-order valence-electron chi connectivity index (χ0n) is 9.40. The molecule has 86 valence electrons. The van der Waals surface area contributed by atoms with Crippen LogP contribution in [0.4, 0.5) is 0 Å². The largest absolute Gasteiger partial charge is 0.345 e. The molecule has 0 unspecified atom stereocenters. The van der Waals surface area contributed by atoms with E-state index in [2.05, 4.69) is 9.97 Å². The first-order chi connectivity index (χ1) is 8.19. The van der Waals surface area contributed by atoms with Gasteiger partial charge in [0.1, 0.15) is 10.3 Å². The Morgan fingerprint density at radius 1 is 1.41 bits per heavy atom. The molecule has 17 heavy (non-hydrogen) atoms. The summed E-state index contributed by atoms with van der Waals surface area (Å²) < 4.78 is 0.917. The van der Waals surface area contributed by atoms with Crippen LogP contribution in [-0.2, 0) is 0 Å². The van der Waals surface area contributed by atoms with Crippen LogP contribution in [0.1, 0.15) is 5.56 Å². The number of fused-ring (bicyclic) bond motifs is 2. The molecule has 0 radical (unpaired) electrons. The van der Waals surface area contributed by atoms with Crippen LogP contribution in [0.25, 0.3) is 21.3 Å². The summed E-state index contributed by atoms with van der Waals surface area (Å²) in [5.74, 6) is 0. The Bertz CT molecular complexity index is 773. The standard InChI is InChI=1S/C12H10N2OS2/c1-6-3-4-8-7(5-6)10(15)9-11(13-8)17-12(14-9)16-2/h3-5H,1-2H3,(H,13,15). The monoisotopic (exact) mass is 262 g/mol. The third-order valence-electron chi connectivity index (χ3n) is 2.67. The number of hydrogen-bond acceptors (Lipinski definition) is 4. The van der Waals surface area contributed by atoms with Crippen LogP contribution < -0.4 is 5.43 Å². The van der Waals surface area contributed by atoms with Gasteiger partial charge in [-0.2, -0.15) is 0 Å². The van der Waals surface area contributed by atoms with E-state index < -0.39 is 0 Å². The number of thioether (sulfide) groups is 1. The molecule has 2 aromatic heterocycles. The molecule has 0 aliphatic heterocycles. The van der Waals surface area contributed by atoms with Crippen LogP contribution in [0, 0.1) is 6.92 Å². The lowest BCUT2D eigenvalue weighted by Gasteiger charge is -1.98. The smallest absolute Gasteiger partial charge is 0.216 e. The number of nitrogens with one attached hydrogen (secondary N) is 1. The van der Waals surface area contributed by atoms with E-state index in [4.69, 9.17) is 0 Å². The fourth-order valence-corrected chi connectivity index (χ4v) is 3.30. The fourth-order valence-electron chi connectivity index (χ4n) is 1.83. The van der Waals surface area contributed by atoms with E-state index in [1.54, 1.807) is 11.8 Å². The third-order valence-corrected chi connectivity index (χ3v) is 4.62. The maximum atomic E-state index is 12.3. The average Bonchev–Trinajstić information content (AvgIpc) is 2.74. The van der Waals surface area contributed by atoms with E-state index in [0.717, 1.165) is 25.6 Å². The molecular formula is C12H10N2OS2. The van der Waals surface area contributed by atoms with E-state index in [-0.39, 0.29) is 5.43 Å². The van der Waals surface area contributed by atoms with Crippen LogP contribution in [0.2, 0.25) is 0 Å². The molecule has 0 bridgehead atoms. The van der Waals surface area contributed by atoms with Gasteiger partial charge in [0.15, 0.2) is 4.34 Å². The number of pyridine rings is 1. The van der Waals surface area contributed by atoms with Crippen molar-refractivity contribution in [3.8, 4) is 0 Å². The van der Waals surface area contributed by atoms with Gasteiger partial charge in [-0.05, 0) is 25.3 Å². The van der Waals surface area contributed by atoms with Crippen LogP contribution in [0.5, 0.6) is 0 Å². The Morgan fingerprint density at radius 2 is 2.24 bits per heavy atom. The van der Waals surface area contributed by atoms with Crippen molar-refractivity contribution < 1.29 is 0 Å². The Labute approximate surface area is 106 Å². The van der Waals surface area contributed by atoms with Crippen LogP contribution >= 0.6 is 23.1 Å². The highest BCUT2D eigenvalue weighted by molar-refractivity contribution is 8.00. The van der Waals surface area contributed by atoms with Gasteiger partial charge < -0.3 is 4.98 Å². The van der Waals surface area contributed by atoms with Gasteiger partial charge in [-0.1, -0.05) is 34.7 Å². The van der Waals surface area contributed by atoms with E-state index in [1.165, 1.54) is 11.3 Å². The van der Waals surface area contributed by atoms with Gasteiger partial charge in [0, 0.05) is 5.39 Å². The summed E-state index contributed by atoms with van der Waals surface area (Å²) in [6.45, 7) is 1.98. The molecule has 2 heterocycles. The topological polar surface area (TPSA) is 45.8 Å². The Kier molecular flexibility index (Phi) is 2.45. The van der Waals surface area contributed by atoms with Gasteiger partial charge >= 0.3 is 0 Å². The highest BCUT2D eigenvalue weighted by atomic mass is 32.2. The number of aromatic nitrogens is 2. The molecule has 0 aliphatic rings. The maximum absolute atomic E-state index is 12.3. The maximum Gasteiger partial charge on any atom is 0.216 e. The van der Waals surface area contributed by atoms with Crippen molar-refractivity contribution >= 4 is 44.3 Å². The van der Waals surface area contributed by atoms with Crippen molar-refractivity contribution in [1.82, 2.24) is 9.97 Å². The summed E-state index contributed by atoms with van der Waals surface area (Å²) in [5.41, 5.74) is 2.54. The number of aromatic amines is 1. The first kappa shape index (κ1) is 10.8. The van der Waals surface area contributed by atoms with Gasteiger partial charge in [-0.25, -0.2) is 4.98 Å².